The summed E-state index contributed by atoms with van der Waals surface area (Å²) < 4.78 is 37.2. The van der Waals surface area contributed by atoms with E-state index in [1.807, 2.05) is 18.2 Å². The number of alkyl halides is 3. The van der Waals surface area contributed by atoms with Crippen LogP contribution in [0.15, 0.2) is 47.8 Å². The van der Waals surface area contributed by atoms with E-state index in [1.165, 1.54) is 6.07 Å². The van der Waals surface area contributed by atoms with Crippen molar-refractivity contribution in [1.82, 2.24) is 15.3 Å². The van der Waals surface area contributed by atoms with E-state index in [9.17, 15) is 18.0 Å². The topological polar surface area (TPSA) is 54.9 Å². The fourth-order valence-corrected chi connectivity index (χ4v) is 2.37. The van der Waals surface area contributed by atoms with Crippen LogP contribution in [0, 0.1) is 0 Å². The standard InChI is InChI=1S/C15H14F3N3OS/c16-15(17,18)11-4-5-14(21-9-11)23-10-13(22)20-8-6-12-3-1-2-7-19-12/h1-5,7,9H,6,8,10H2,(H,20,22). The molecule has 122 valence electrons. The second-order valence-corrected chi connectivity index (χ2v) is 5.59. The van der Waals surface area contributed by atoms with Crippen molar-refractivity contribution < 1.29 is 18.0 Å². The molecular weight excluding hydrogens is 327 g/mol. The van der Waals surface area contributed by atoms with Crippen LogP contribution in [0.5, 0.6) is 0 Å². The summed E-state index contributed by atoms with van der Waals surface area (Å²) in [6.45, 7) is 0.455. The molecule has 0 saturated carbocycles. The van der Waals surface area contributed by atoms with Crippen LogP contribution >= 0.6 is 11.8 Å². The van der Waals surface area contributed by atoms with Crippen molar-refractivity contribution >= 4 is 17.7 Å². The molecule has 0 spiro atoms. The van der Waals surface area contributed by atoms with Crippen molar-refractivity contribution in [3.05, 3.63) is 54.0 Å². The van der Waals surface area contributed by atoms with Crippen LogP contribution in [0.3, 0.4) is 0 Å². The lowest BCUT2D eigenvalue weighted by molar-refractivity contribution is -0.137. The third-order valence-electron chi connectivity index (χ3n) is 2.84. The Morgan fingerprint density at radius 3 is 2.61 bits per heavy atom. The first-order valence-corrected chi connectivity index (χ1v) is 7.76. The Morgan fingerprint density at radius 2 is 2.00 bits per heavy atom. The largest absolute Gasteiger partial charge is 0.417 e. The molecule has 2 rings (SSSR count). The summed E-state index contributed by atoms with van der Waals surface area (Å²) in [6.07, 6.45) is -1.33. The van der Waals surface area contributed by atoms with Crippen molar-refractivity contribution in [2.75, 3.05) is 12.3 Å². The van der Waals surface area contributed by atoms with Gasteiger partial charge in [0.05, 0.1) is 16.3 Å². The number of carbonyl (C=O) groups is 1. The zero-order chi connectivity index (χ0) is 16.7. The zero-order valence-corrected chi connectivity index (χ0v) is 12.8. The number of hydrogen-bond donors (Lipinski definition) is 1. The van der Waals surface area contributed by atoms with Crippen molar-refractivity contribution in [1.29, 1.82) is 0 Å². The van der Waals surface area contributed by atoms with Gasteiger partial charge in [-0.3, -0.25) is 9.78 Å². The van der Waals surface area contributed by atoms with Crippen LogP contribution < -0.4 is 5.32 Å². The lowest BCUT2D eigenvalue weighted by Gasteiger charge is -2.07. The molecule has 1 N–H and O–H groups in total. The first kappa shape index (κ1) is 17.3. The van der Waals surface area contributed by atoms with Gasteiger partial charge in [0.15, 0.2) is 0 Å². The van der Waals surface area contributed by atoms with E-state index in [-0.39, 0.29) is 11.7 Å². The van der Waals surface area contributed by atoms with E-state index in [0.717, 1.165) is 29.7 Å². The molecule has 23 heavy (non-hydrogen) atoms. The van der Waals surface area contributed by atoms with Gasteiger partial charge in [-0.25, -0.2) is 4.98 Å². The number of nitrogens with one attached hydrogen (secondary N) is 1. The monoisotopic (exact) mass is 341 g/mol. The van der Waals surface area contributed by atoms with Crippen LogP contribution in [-0.4, -0.2) is 28.2 Å². The van der Waals surface area contributed by atoms with Gasteiger partial charge < -0.3 is 5.32 Å². The Morgan fingerprint density at radius 1 is 1.17 bits per heavy atom. The molecule has 0 aromatic carbocycles. The molecule has 2 aromatic heterocycles. The summed E-state index contributed by atoms with van der Waals surface area (Å²) in [7, 11) is 0. The van der Waals surface area contributed by atoms with Crippen LogP contribution in [-0.2, 0) is 17.4 Å². The summed E-state index contributed by atoms with van der Waals surface area (Å²) in [5.74, 6) is -0.103. The summed E-state index contributed by atoms with van der Waals surface area (Å²) in [5.41, 5.74) is 0.0755. The van der Waals surface area contributed by atoms with E-state index in [1.54, 1.807) is 6.20 Å². The first-order valence-electron chi connectivity index (χ1n) is 6.78. The van der Waals surface area contributed by atoms with Gasteiger partial charge in [-0.2, -0.15) is 13.2 Å². The van der Waals surface area contributed by atoms with Crippen LogP contribution in [0.1, 0.15) is 11.3 Å². The predicted molar refractivity (Wildman–Crippen MR) is 80.9 cm³/mol. The molecule has 0 bridgehead atoms. The number of nitrogens with zero attached hydrogens (tertiary/aromatic N) is 2. The molecule has 0 aliphatic carbocycles. The van der Waals surface area contributed by atoms with Gasteiger partial charge in [-0.1, -0.05) is 17.8 Å². The molecule has 1 amide bonds. The zero-order valence-electron chi connectivity index (χ0n) is 12.0. The maximum Gasteiger partial charge on any atom is 0.417 e. The molecule has 0 atom stereocenters. The highest BCUT2D eigenvalue weighted by molar-refractivity contribution is 7.99. The molecule has 0 aliphatic rings. The minimum Gasteiger partial charge on any atom is -0.355 e. The molecular formula is C15H14F3N3OS. The van der Waals surface area contributed by atoms with Gasteiger partial charge >= 0.3 is 6.18 Å². The fourth-order valence-electron chi connectivity index (χ4n) is 1.70. The molecule has 2 heterocycles. The fraction of sp³-hybridized carbons (Fsp3) is 0.267. The van der Waals surface area contributed by atoms with Gasteiger partial charge in [0.25, 0.3) is 0 Å². The summed E-state index contributed by atoms with van der Waals surface area (Å²) >= 11 is 1.09. The second kappa shape index (κ2) is 7.96. The number of amides is 1. The van der Waals surface area contributed by atoms with Gasteiger partial charge in [-0.05, 0) is 24.3 Å². The second-order valence-electron chi connectivity index (χ2n) is 4.59. The minimum absolute atomic E-state index is 0.0978. The molecule has 0 unspecified atom stereocenters. The highest BCUT2D eigenvalue weighted by atomic mass is 32.2. The van der Waals surface area contributed by atoms with Crippen LogP contribution in [0.2, 0.25) is 0 Å². The first-order chi connectivity index (χ1) is 10.9. The van der Waals surface area contributed by atoms with Crippen molar-refractivity contribution in [3.63, 3.8) is 0 Å². The molecule has 2 aromatic rings. The lowest BCUT2D eigenvalue weighted by Crippen LogP contribution is -2.27. The third kappa shape index (κ3) is 5.90. The summed E-state index contributed by atoms with van der Waals surface area (Å²) in [5, 5.41) is 3.10. The Labute approximate surface area is 135 Å². The van der Waals surface area contributed by atoms with E-state index < -0.39 is 11.7 Å². The van der Waals surface area contributed by atoms with Crippen molar-refractivity contribution in [2.45, 2.75) is 17.6 Å². The van der Waals surface area contributed by atoms with Gasteiger partial charge in [0.1, 0.15) is 0 Å². The number of rotatable bonds is 6. The Bertz CT molecular complexity index is 633. The molecule has 0 aliphatic heterocycles. The quantitative estimate of drug-likeness (QED) is 0.821. The van der Waals surface area contributed by atoms with Crippen LogP contribution in [0.25, 0.3) is 0 Å². The van der Waals surface area contributed by atoms with Crippen molar-refractivity contribution in [2.24, 2.45) is 0 Å². The lowest BCUT2D eigenvalue weighted by atomic mass is 10.3. The number of thioether (sulfide) groups is 1. The maximum atomic E-state index is 12.4. The summed E-state index contributed by atoms with van der Waals surface area (Å²) in [4.78, 5) is 19.5. The molecule has 4 nitrogen and oxygen atoms in total. The number of pyridine rings is 2. The number of hydrogen-bond acceptors (Lipinski definition) is 4. The Hall–Kier alpha value is -2.09. The van der Waals surface area contributed by atoms with Gasteiger partial charge in [-0.15, -0.1) is 0 Å². The SMILES string of the molecule is O=C(CSc1ccc(C(F)(F)F)cn1)NCCc1ccccn1. The van der Waals surface area contributed by atoms with E-state index in [2.05, 4.69) is 15.3 Å². The van der Waals surface area contributed by atoms with E-state index in [0.29, 0.717) is 18.0 Å². The Kier molecular flexibility index (Phi) is 5.97. The maximum absolute atomic E-state index is 12.4. The Balaban J connectivity index is 1.72. The van der Waals surface area contributed by atoms with Gasteiger partial charge in [0, 0.05) is 31.1 Å². The number of aromatic nitrogens is 2. The third-order valence-corrected chi connectivity index (χ3v) is 3.79. The number of carbonyl (C=O) groups excluding carboxylic acids is 1. The van der Waals surface area contributed by atoms with Gasteiger partial charge in [0.2, 0.25) is 5.91 Å². The highest BCUT2D eigenvalue weighted by Gasteiger charge is 2.30. The minimum atomic E-state index is -4.40. The molecule has 0 saturated heterocycles. The normalized spacial score (nSPS) is 11.3. The van der Waals surface area contributed by atoms with Crippen molar-refractivity contribution in [3.8, 4) is 0 Å². The molecule has 8 heteroatoms. The van der Waals surface area contributed by atoms with E-state index in [4.69, 9.17) is 0 Å². The van der Waals surface area contributed by atoms with E-state index >= 15 is 0 Å². The average Bonchev–Trinajstić information content (AvgIpc) is 2.53. The number of halogens is 3. The average molecular weight is 341 g/mol. The van der Waals surface area contributed by atoms with Crippen LogP contribution in [0.4, 0.5) is 13.2 Å². The smallest absolute Gasteiger partial charge is 0.355 e. The molecule has 0 fully saturated rings. The molecule has 0 radical (unpaired) electrons. The predicted octanol–water partition coefficient (Wildman–Crippen LogP) is 2.95. The summed E-state index contributed by atoms with van der Waals surface area (Å²) in [6, 6.07) is 7.77. The highest BCUT2D eigenvalue weighted by Crippen LogP contribution is 2.29.